The second-order valence-electron chi connectivity index (χ2n) is 3.39. The molecule has 0 bridgehead atoms. The highest BCUT2D eigenvalue weighted by Gasteiger charge is 1.99. The Hall–Kier alpha value is 0.250. The summed E-state index contributed by atoms with van der Waals surface area (Å²) in [6.45, 7) is 2.86. The van der Waals surface area contributed by atoms with E-state index < -0.39 is 0 Å². The molecule has 0 aliphatic carbocycles. The summed E-state index contributed by atoms with van der Waals surface area (Å²) >= 11 is 5.88. The molecule has 0 rings (SSSR count). The van der Waals surface area contributed by atoms with Gasteiger partial charge in [-0.25, -0.2) is 0 Å². The fourth-order valence-electron chi connectivity index (χ4n) is 1.26. The number of hydrogen-bond acceptors (Lipinski definition) is 1. The lowest BCUT2D eigenvalue weighted by Gasteiger charge is -2.05. The normalized spacial score (nSPS) is 13.2. The predicted molar refractivity (Wildman–Crippen MR) is 56.7 cm³/mol. The Morgan fingerprint density at radius 3 is 2.25 bits per heavy atom. The molecule has 74 valence electrons. The van der Waals surface area contributed by atoms with Gasteiger partial charge < -0.3 is 5.73 Å². The van der Waals surface area contributed by atoms with E-state index in [4.69, 9.17) is 17.3 Å². The van der Waals surface area contributed by atoms with Crippen LogP contribution < -0.4 is 5.73 Å². The Labute approximate surface area is 81.7 Å². The molecular formula is C10H22ClN. The molecule has 0 saturated carbocycles. The number of alkyl halides is 1. The van der Waals surface area contributed by atoms with Gasteiger partial charge in [0, 0.05) is 11.9 Å². The van der Waals surface area contributed by atoms with Crippen LogP contribution in [0.2, 0.25) is 0 Å². The SMILES string of the molecule is CCCCCCCCC(Cl)CN. The van der Waals surface area contributed by atoms with Crippen molar-refractivity contribution in [2.24, 2.45) is 5.73 Å². The zero-order chi connectivity index (χ0) is 9.23. The maximum atomic E-state index is 5.88. The third-order valence-corrected chi connectivity index (χ3v) is 2.52. The van der Waals surface area contributed by atoms with Crippen LogP contribution >= 0.6 is 11.6 Å². The summed E-state index contributed by atoms with van der Waals surface area (Å²) in [5.41, 5.74) is 5.40. The second kappa shape index (κ2) is 9.34. The van der Waals surface area contributed by atoms with Gasteiger partial charge in [0.25, 0.3) is 0 Å². The smallest absolute Gasteiger partial charge is 0.0458 e. The van der Waals surface area contributed by atoms with Gasteiger partial charge in [-0.3, -0.25) is 0 Å². The molecule has 0 amide bonds. The first kappa shape index (κ1) is 12.2. The van der Waals surface area contributed by atoms with Gasteiger partial charge in [-0.1, -0.05) is 45.4 Å². The van der Waals surface area contributed by atoms with E-state index >= 15 is 0 Å². The molecule has 0 aromatic rings. The van der Waals surface area contributed by atoms with E-state index in [0.29, 0.717) is 6.54 Å². The van der Waals surface area contributed by atoms with Crippen molar-refractivity contribution in [3.63, 3.8) is 0 Å². The molecule has 0 fully saturated rings. The van der Waals surface area contributed by atoms with Gasteiger partial charge in [-0.2, -0.15) is 0 Å². The van der Waals surface area contributed by atoms with Crippen LogP contribution in [0.25, 0.3) is 0 Å². The maximum Gasteiger partial charge on any atom is 0.0458 e. The molecule has 1 atom stereocenters. The van der Waals surface area contributed by atoms with E-state index in [-0.39, 0.29) is 5.38 Å². The minimum atomic E-state index is 0.205. The second-order valence-corrected chi connectivity index (χ2v) is 4.01. The van der Waals surface area contributed by atoms with Crippen molar-refractivity contribution in [1.82, 2.24) is 0 Å². The van der Waals surface area contributed by atoms with Crippen LogP contribution in [0.15, 0.2) is 0 Å². The molecule has 2 heteroatoms. The minimum absolute atomic E-state index is 0.205. The van der Waals surface area contributed by atoms with Crippen LogP contribution in [0.3, 0.4) is 0 Å². The molecule has 0 aliphatic heterocycles. The first-order chi connectivity index (χ1) is 5.81. The number of hydrogen-bond donors (Lipinski definition) is 1. The van der Waals surface area contributed by atoms with Gasteiger partial charge in [0.1, 0.15) is 0 Å². The largest absolute Gasteiger partial charge is 0.329 e. The summed E-state index contributed by atoms with van der Waals surface area (Å²) < 4.78 is 0. The van der Waals surface area contributed by atoms with Crippen LogP contribution in [0, 0.1) is 0 Å². The van der Waals surface area contributed by atoms with Crippen molar-refractivity contribution >= 4 is 11.6 Å². The predicted octanol–water partition coefficient (Wildman–Crippen LogP) is 3.30. The van der Waals surface area contributed by atoms with Gasteiger partial charge in [0.15, 0.2) is 0 Å². The van der Waals surface area contributed by atoms with Gasteiger partial charge in [0.05, 0.1) is 0 Å². The summed E-state index contributed by atoms with van der Waals surface area (Å²) in [5, 5.41) is 0.205. The van der Waals surface area contributed by atoms with Crippen LogP contribution in [0.1, 0.15) is 51.9 Å². The summed E-state index contributed by atoms with van der Waals surface area (Å²) in [6.07, 6.45) is 9.10. The molecule has 2 N–H and O–H groups in total. The molecule has 0 saturated heterocycles. The fourth-order valence-corrected chi connectivity index (χ4v) is 1.42. The number of unbranched alkanes of at least 4 members (excludes halogenated alkanes) is 5. The van der Waals surface area contributed by atoms with Crippen molar-refractivity contribution in [3.8, 4) is 0 Å². The topological polar surface area (TPSA) is 26.0 Å². The average molecular weight is 192 g/mol. The maximum absolute atomic E-state index is 5.88. The highest BCUT2D eigenvalue weighted by molar-refractivity contribution is 6.20. The zero-order valence-electron chi connectivity index (χ0n) is 8.19. The van der Waals surface area contributed by atoms with E-state index in [2.05, 4.69) is 6.92 Å². The lowest BCUT2D eigenvalue weighted by Crippen LogP contribution is -2.13. The number of nitrogens with two attached hydrogens (primary N) is 1. The molecule has 0 heterocycles. The van der Waals surface area contributed by atoms with E-state index in [0.717, 1.165) is 6.42 Å². The fraction of sp³-hybridized carbons (Fsp3) is 1.00. The van der Waals surface area contributed by atoms with E-state index in [1.807, 2.05) is 0 Å². The molecule has 12 heavy (non-hydrogen) atoms. The Kier molecular flexibility index (Phi) is 9.53. The van der Waals surface area contributed by atoms with Crippen molar-refractivity contribution in [2.75, 3.05) is 6.54 Å². The molecule has 0 aliphatic rings. The van der Waals surface area contributed by atoms with Crippen molar-refractivity contribution in [3.05, 3.63) is 0 Å². The molecular weight excluding hydrogens is 170 g/mol. The highest BCUT2D eigenvalue weighted by atomic mass is 35.5. The van der Waals surface area contributed by atoms with Crippen LogP contribution in [-0.2, 0) is 0 Å². The number of rotatable bonds is 8. The Morgan fingerprint density at radius 1 is 1.08 bits per heavy atom. The standard InChI is InChI=1S/C10H22ClN/c1-2-3-4-5-6-7-8-10(11)9-12/h10H,2-9,12H2,1H3. The van der Waals surface area contributed by atoms with E-state index in [1.54, 1.807) is 0 Å². The third kappa shape index (κ3) is 8.35. The van der Waals surface area contributed by atoms with Gasteiger partial charge >= 0.3 is 0 Å². The van der Waals surface area contributed by atoms with Crippen molar-refractivity contribution < 1.29 is 0 Å². The summed E-state index contributed by atoms with van der Waals surface area (Å²) in [6, 6.07) is 0. The molecule has 0 radical (unpaired) electrons. The Morgan fingerprint density at radius 2 is 1.67 bits per heavy atom. The molecule has 0 aromatic heterocycles. The number of halogens is 1. The summed E-state index contributed by atoms with van der Waals surface area (Å²) in [5.74, 6) is 0. The first-order valence-corrected chi connectivity index (χ1v) is 5.59. The monoisotopic (exact) mass is 191 g/mol. The van der Waals surface area contributed by atoms with E-state index in [9.17, 15) is 0 Å². The Bertz CT molecular complexity index is 85.9. The molecule has 1 nitrogen and oxygen atoms in total. The van der Waals surface area contributed by atoms with Gasteiger partial charge in [-0.05, 0) is 6.42 Å². The molecule has 0 spiro atoms. The van der Waals surface area contributed by atoms with Crippen LogP contribution in [-0.4, -0.2) is 11.9 Å². The molecule has 0 aromatic carbocycles. The average Bonchev–Trinajstić information content (AvgIpc) is 2.10. The highest BCUT2D eigenvalue weighted by Crippen LogP contribution is 2.10. The van der Waals surface area contributed by atoms with Gasteiger partial charge in [0.2, 0.25) is 0 Å². The summed E-state index contributed by atoms with van der Waals surface area (Å²) in [7, 11) is 0. The zero-order valence-corrected chi connectivity index (χ0v) is 8.95. The third-order valence-electron chi connectivity index (χ3n) is 2.13. The quantitative estimate of drug-likeness (QED) is 0.463. The van der Waals surface area contributed by atoms with Gasteiger partial charge in [-0.15, -0.1) is 11.6 Å². The van der Waals surface area contributed by atoms with Crippen molar-refractivity contribution in [1.29, 1.82) is 0 Å². The summed E-state index contributed by atoms with van der Waals surface area (Å²) in [4.78, 5) is 0. The lowest BCUT2D eigenvalue weighted by molar-refractivity contribution is 0.581. The lowest BCUT2D eigenvalue weighted by atomic mass is 10.1. The van der Waals surface area contributed by atoms with Crippen LogP contribution in [0.4, 0.5) is 0 Å². The van der Waals surface area contributed by atoms with Crippen molar-refractivity contribution in [2.45, 2.75) is 57.2 Å². The minimum Gasteiger partial charge on any atom is -0.329 e. The Balaban J connectivity index is 2.90. The van der Waals surface area contributed by atoms with Crippen LogP contribution in [0.5, 0.6) is 0 Å². The first-order valence-electron chi connectivity index (χ1n) is 5.15. The van der Waals surface area contributed by atoms with E-state index in [1.165, 1.54) is 38.5 Å². The molecule has 1 unspecified atom stereocenters.